The monoisotopic (exact) mass is 356 g/mol. The Labute approximate surface area is 152 Å². The number of likely N-dealkylation sites (tertiary alicyclic amines) is 1. The van der Waals surface area contributed by atoms with Gasteiger partial charge in [-0.2, -0.15) is 0 Å². The zero-order valence-corrected chi connectivity index (χ0v) is 14.8. The van der Waals surface area contributed by atoms with Crippen LogP contribution in [0.5, 0.6) is 0 Å². The van der Waals surface area contributed by atoms with Crippen molar-refractivity contribution in [2.45, 2.75) is 31.5 Å². The van der Waals surface area contributed by atoms with E-state index in [9.17, 15) is 13.6 Å². The highest BCUT2D eigenvalue weighted by Crippen LogP contribution is 2.38. The second-order valence-electron chi connectivity index (χ2n) is 7.24. The highest BCUT2D eigenvalue weighted by atomic mass is 19.1. The van der Waals surface area contributed by atoms with E-state index in [-0.39, 0.29) is 31.0 Å². The second-order valence-corrected chi connectivity index (χ2v) is 7.24. The molecule has 0 saturated carbocycles. The van der Waals surface area contributed by atoms with Crippen molar-refractivity contribution in [1.29, 1.82) is 0 Å². The van der Waals surface area contributed by atoms with Gasteiger partial charge in [-0.3, -0.25) is 0 Å². The van der Waals surface area contributed by atoms with Crippen LogP contribution in [0.2, 0.25) is 0 Å². The number of hydrogen-bond donors (Lipinski definition) is 0. The van der Waals surface area contributed by atoms with Gasteiger partial charge >= 0.3 is 6.03 Å². The van der Waals surface area contributed by atoms with E-state index in [1.54, 1.807) is 28.9 Å². The Kier molecular flexibility index (Phi) is 4.17. The van der Waals surface area contributed by atoms with Crippen molar-refractivity contribution in [3.63, 3.8) is 0 Å². The Balaban J connectivity index is 1.67. The van der Waals surface area contributed by atoms with Crippen LogP contribution in [0.3, 0.4) is 0 Å². The van der Waals surface area contributed by atoms with Gasteiger partial charge in [0.2, 0.25) is 0 Å². The number of nitrogens with zero attached hydrogens (tertiary/aromatic N) is 2. The quantitative estimate of drug-likeness (QED) is 0.786. The van der Waals surface area contributed by atoms with Crippen LogP contribution in [0.25, 0.3) is 0 Å². The van der Waals surface area contributed by atoms with Crippen molar-refractivity contribution in [3.05, 3.63) is 71.0 Å². The van der Waals surface area contributed by atoms with Gasteiger partial charge in [-0.1, -0.05) is 43.3 Å². The van der Waals surface area contributed by atoms with E-state index in [2.05, 4.69) is 6.07 Å². The SMILES string of the molecule is CCC1(F)CN(C(=O)N2CCc3ccccc3[C@@H]2c2ccc(F)cc2)C1. The van der Waals surface area contributed by atoms with E-state index >= 15 is 0 Å². The zero-order valence-electron chi connectivity index (χ0n) is 14.8. The van der Waals surface area contributed by atoms with E-state index in [0.29, 0.717) is 13.0 Å². The lowest BCUT2D eigenvalue weighted by Crippen LogP contribution is -2.64. The average molecular weight is 356 g/mol. The number of alkyl halides is 1. The van der Waals surface area contributed by atoms with Crippen LogP contribution in [-0.2, 0) is 6.42 Å². The molecule has 1 saturated heterocycles. The summed E-state index contributed by atoms with van der Waals surface area (Å²) in [7, 11) is 0. The molecule has 0 N–H and O–H groups in total. The zero-order chi connectivity index (χ0) is 18.3. The highest BCUT2D eigenvalue weighted by molar-refractivity contribution is 5.77. The number of benzene rings is 2. The first kappa shape index (κ1) is 17.0. The van der Waals surface area contributed by atoms with Crippen LogP contribution in [0.1, 0.15) is 36.1 Å². The van der Waals surface area contributed by atoms with E-state index < -0.39 is 5.67 Å². The lowest BCUT2D eigenvalue weighted by Gasteiger charge is -2.48. The summed E-state index contributed by atoms with van der Waals surface area (Å²) >= 11 is 0. The van der Waals surface area contributed by atoms with Crippen LogP contribution in [0.4, 0.5) is 13.6 Å². The van der Waals surface area contributed by atoms with Crippen molar-refractivity contribution in [1.82, 2.24) is 9.80 Å². The predicted molar refractivity (Wildman–Crippen MR) is 96.2 cm³/mol. The van der Waals surface area contributed by atoms with Gasteiger partial charge in [-0.05, 0) is 41.7 Å². The largest absolute Gasteiger partial charge is 0.321 e. The maximum Gasteiger partial charge on any atom is 0.321 e. The summed E-state index contributed by atoms with van der Waals surface area (Å²) in [5.74, 6) is -0.302. The molecule has 5 heteroatoms. The Morgan fingerprint density at radius 2 is 1.85 bits per heavy atom. The number of hydrogen-bond acceptors (Lipinski definition) is 1. The highest BCUT2D eigenvalue weighted by Gasteiger charge is 2.47. The summed E-state index contributed by atoms with van der Waals surface area (Å²) in [6.45, 7) is 2.67. The van der Waals surface area contributed by atoms with Gasteiger partial charge in [0.15, 0.2) is 0 Å². The first-order chi connectivity index (χ1) is 12.5. The molecular weight excluding hydrogens is 334 g/mol. The molecule has 2 heterocycles. The third kappa shape index (κ3) is 2.85. The second kappa shape index (κ2) is 6.38. The van der Waals surface area contributed by atoms with Crippen molar-refractivity contribution in [3.8, 4) is 0 Å². The predicted octanol–water partition coefficient (Wildman–Crippen LogP) is 4.33. The van der Waals surface area contributed by atoms with Crippen LogP contribution in [0, 0.1) is 5.82 Å². The molecule has 0 aliphatic carbocycles. The van der Waals surface area contributed by atoms with Crippen molar-refractivity contribution in [2.75, 3.05) is 19.6 Å². The molecule has 2 amide bonds. The van der Waals surface area contributed by atoms with Gasteiger partial charge in [-0.25, -0.2) is 13.6 Å². The normalized spacial score (nSPS) is 21.1. The van der Waals surface area contributed by atoms with E-state index in [4.69, 9.17) is 0 Å². The van der Waals surface area contributed by atoms with Crippen LogP contribution in [0.15, 0.2) is 48.5 Å². The summed E-state index contributed by atoms with van der Waals surface area (Å²) in [6, 6.07) is 13.9. The fourth-order valence-electron chi connectivity index (χ4n) is 3.96. The minimum absolute atomic E-state index is 0.143. The average Bonchev–Trinajstić information content (AvgIpc) is 2.65. The smallest absolute Gasteiger partial charge is 0.318 e. The van der Waals surface area contributed by atoms with Gasteiger partial charge < -0.3 is 9.80 Å². The molecule has 0 aromatic heterocycles. The maximum atomic E-state index is 14.3. The topological polar surface area (TPSA) is 23.6 Å². The molecule has 4 rings (SSSR count). The fourth-order valence-corrected chi connectivity index (χ4v) is 3.96. The number of carbonyl (C=O) groups is 1. The fraction of sp³-hybridized carbons (Fsp3) is 0.381. The summed E-state index contributed by atoms with van der Waals surface area (Å²) < 4.78 is 27.7. The van der Waals surface area contributed by atoms with Gasteiger partial charge in [0.05, 0.1) is 19.1 Å². The molecule has 2 aromatic rings. The summed E-state index contributed by atoms with van der Waals surface area (Å²) in [5.41, 5.74) is 1.87. The molecule has 2 aromatic carbocycles. The Hall–Kier alpha value is -2.43. The number of carbonyl (C=O) groups excluding carboxylic acids is 1. The van der Waals surface area contributed by atoms with Crippen molar-refractivity contribution in [2.24, 2.45) is 0 Å². The van der Waals surface area contributed by atoms with Gasteiger partial charge in [-0.15, -0.1) is 0 Å². The Morgan fingerprint density at radius 1 is 1.15 bits per heavy atom. The minimum Gasteiger partial charge on any atom is -0.318 e. The molecule has 1 atom stereocenters. The molecule has 0 unspecified atom stereocenters. The third-order valence-corrected chi connectivity index (χ3v) is 5.57. The van der Waals surface area contributed by atoms with Crippen molar-refractivity contribution < 1.29 is 13.6 Å². The molecule has 3 nitrogen and oxygen atoms in total. The van der Waals surface area contributed by atoms with Gasteiger partial charge in [0, 0.05) is 6.54 Å². The summed E-state index contributed by atoms with van der Waals surface area (Å²) in [6.07, 6.45) is 1.18. The van der Waals surface area contributed by atoms with Gasteiger partial charge in [0.1, 0.15) is 11.5 Å². The van der Waals surface area contributed by atoms with E-state index in [1.165, 1.54) is 17.7 Å². The van der Waals surface area contributed by atoms with Crippen molar-refractivity contribution >= 4 is 6.03 Å². The molecule has 0 spiro atoms. The number of rotatable bonds is 2. The molecule has 26 heavy (non-hydrogen) atoms. The summed E-state index contributed by atoms with van der Waals surface area (Å²) in [5, 5.41) is 0. The minimum atomic E-state index is -1.26. The number of fused-ring (bicyclic) bond motifs is 1. The number of halogens is 2. The molecule has 1 fully saturated rings. The molecule has 0 radical (unpaired) electrons. The Bertz CT molecular complexity index is 815. The first-order valence-corrected chi connectivity index (χ1v) is 9.08. The Morgan fingerprint density at radius 3 is 2.54 bits per heavy atom. The van der Waals surface area contributed by atoms with E-state index in [0.717, 1.165) is 17.5 Å². The molecule has 2 aliphatic heterocycles. The standard InChI is InChI=1S/C21H22F2N2O/c1-2-21(23)13-24(14-21)20(26)25-12-11-15-5-3-4-6-18(15)19(25)16-7-9-17(22)10-8-16/h3-10,19H,2,11-14H2,1H3/t19-/m0/s1. The van der Waals surface area contributed by atoms with Crippen LogP contribution in [-0.4, -0.2) is 41.1 Å². The first-order valence-electron chi connectivity index (χ1n) is 9.08. The molecule has 0 bridgehead atoms. The van der Waals surface area contributed by atoms with Gasteiger partial charge in [0.25, 0.3) is 0 Å². The number of urea groups is 1. The third-order valence-electron chi connectivity index (χ3n) is 5.57. The van der Waals surface area contributed by atoms with Crippen LogP contribution >= 0.6 is 0 Å². The number of amides is 2. The summed E-state index contributed by atoms with van der Waals surface area (Å²) in [4.78, 5) is 16.4. The molecule has 2 aliphatic rings. The maximum absolute atomic E-state index is 14.3. The lowest BCUT2D eigenvalue weighted by molar-refractivity contribution is -0.0201. The lowest BCUT2D eigenvalue weighted by atomic mass is 9.88. The molecular formula is C21H22F2N2O. The van der Waals surface area contributed by atoms with E-state index in [1.807, 2.05) is 18.2 Å². The molecule has 136 valence electrons. The van der Waals surface area contributed by atoms with Crippen LogP contribution < -0.4 is 0 Å².